The number of hydrogen-bond acceptors (Lipinski definition) is 4. The Hall–Kier alpha value is -2.48. The average molecular weight is 399 g/mol. The first kappa shape index (κ1) is 19.3. The Morgan fingerprint density at radius 2 is 1.81 bits per heavy atom. The number of rotatable bonds is 4. The van der Waals surface area contributed by atoms with E-state index in [2.05, 4.69) is 10.3 Å². The summed E-state index contributed by atoms with van der Waals surface area (Å²) < 4.78 is 37.8. The second-order valence-electron chi connectivity index (χ2n) is 6.10. The van der Waals surface area contributed by atoms with E-state index in [-0.39, 0.29) is 12.5 Å². The van der Waals surface area contributed by atoms with E-state index < -0.39 is 11.7 Å². The molecular formula is C18H18ClF3N4O. The van der Waals surface area contributed by atoms with Crippen molar-refractivity contribution >= 4 is 29.0 Å². The van der Waals surface area contributed by atoms with Crippen molar-refractivity contribution in [3.63, 3.8) is 0 Å². The molecule has 0 spiro atoms. The zero-order chi connectivity index (χ0) is 19.4. The third-order valence-corrected chi connectivity index (χ3v) is 4.67. The maximum atomic E-state index is 12.6. The summed E-state index contributed by atoms with van der Waals surface area (Å²) in [5.74, 6) is 0.416. The fraction of sp³-hybridized carbons (Fsp3) is 0.333. The standard InChI is InChI=1S/C18H18ClF3N4O/c19-14-3-1-2-4-15(14)23-12-17(27)26-9-7-25(8-10-26)16-6-5-13(11-24-16)18(20,21)22/h1-6,11,23H,7-10,12H2. The van der Waals surface area contributed by atoms with Crippen LogP contribution < -0.4 is 10.2 Å². The van der Waals surface area contributed by atoms with E-state index in [1.54, 1.807) is 17.0 Å². The molecule has 2 heterocycles. The van der Waals surface area contributed by atoms with Crippen LogP contribution in [0.15, 0.2) is 42.6 Å². The number of aromatic nitrogens is 1. The maximum Gasteiger partial charge on any atom is 0.417 e. The van der Waals surface area contributed by atoms with Crippen molar-refractivity contribution in [2.24, 2.45) is 0 Å². The predicted molar refractivity (Wildman–Crippen MR) is 98.0 cm³/mol. The van der Waals surface area contributed by atoms with Crippen molar-refractivity contribution in [3.8, 4) is 0 Å². The Balaban J connectivity index is 1.51. The molecule has 1 aromatic carbocycles. The molecule has 0 radical (unpaired) electrons. The van der Waals surface area contributed by atoms with Gasteiger partial charge in [0, 0.05) is 32.4 Å². The first-order valence-corrected chi connectivity index (χ1v) is 8.77. The Morgan fingerprint density at radius 1 is 1.11 bits per heavy atom. The molecule has 2 aromatic rings. The topological polar surface area (TPSA) is 48.5 Å². The molecular weight excluding hydrogens is 381 g/mol. The smallest absolute Gasteiger partial charge is 0.375 e. The number of nitrogens with zero attached hydrogens (tertiary/aromatic N) is 3. The van der Waals surface area contributed by atoms with E-state index >= 15 is 0 Å². The minimum Gasteiger partial charge on any atom is -0.375 e. The van der Waals surface area contributed by atoms with E-state index in [0.29, 0.717) is 42.7 Å². The van der Waals surface area contributed by atoms with Crippen LogP contribution in [0.25, 0.3) is 0 Å². The molecule has 0 unspecified atom stereocenters. The van der Waals surface area contributed by atoms with Crippen molar-refractivity contribution < 1.29 is 18.0 Å². The molecule has 1 aliphatic heterocycles. The van der Waals surface area contributed by atoms with E-state index in [1.165, 1.54) is 6.07 Å². The summed E-state index contributed by atoms with van der Waals surface area (Å²) >= 11 is 6.05. The van der Waals surface area contributed by atoms with Crippen molar-refractivity contribution in [2.45, 2.75) is 6.18 Å². The molecule has 27 heavy (non-hydrogen) atoms. The molecule has 0 bridgehead atoms. The third-order valence-electron chi connectivity index (χ3n) is 4.34. The van der Waals surface area contributed by atoms with Gasteiger partial charge >= 0.3 is 6.18 Å². The van der Waals surface area contributed by atoms with E-state index in [1.807, 2.05) is 17.0 Å². The SMILES string of the molecule is O=C(CNc1ccccc1Cl)N1CCN(c2ccc(C(F)(F)F)cn2)CC1. The fourth-order valence-corrected chi connectivity index (χ4v) is 3.02. The minimum atomic E-state index is -4.40. The summed E-state index contributed by atoms with van der Waals surface area (Å²) in [6, 6.07) is 9.55. The highest BCUT2D eigenvalue weighted by Gasteiger charge is 2.31. The number of anilines is 2. The lowest BCUT2D eigenvalue weighted by atomic mass is 10.2. The molecule has 9 heteroatoms. The number of piperazine rings is 1. The van der Waals surface area contributed by atoms with Gasteiger partial charge in [0.2, 0.25) is 5.91 Å². The lowest BCUT2D eigenvalue weighted by Crippen LogP contribution is -2.50. The van der Waals surface area contributed by atoms with Gasteiger partial charge in [0.15, 0.2) is 0 Å². The molecule has 1 amide bonds. The number of halogens is 4. The largest absolute Gasteiger partial charge is 0.417 e. The summed E-state index contributed by atoms with van der Waals surface area (Å²) in [4.78, 5) is 19.8. The van der Waals surface area contributed by atoms with Crippen LogP contribution in [-0.4, -0.2) is 48.5 Å². The van der Waals surface area contributed by atoms with Crippen LogP contribution in [0.4, 0.5) is 24.7 Å². The van der Waals surface area contributed by atoms with Gasteiger partial charge in [-0.2, -0.15) is 13.2 Å². The van der Waals surface area contributed by atoms with Crippen molar-refractivity contribution in [1.29, 1.82) is 0 Å². The highest BCUT2D eigenvalue weighted by atomic mass is 35.5. The van der Waals surface area contributed by atoms with Gasteiger partial charge in [0.1, 0.15) is 5.82 Å². The molecule has 5 nitrogen and oxygen atoms in total. The van der Waals surface area contributed by atoms with Crippen molar-refractivity contribution in [1.82, 2.24) is 9.88 Å². The molecule has 0 aliphatic carbocycles. The summed E-state index contributed by atoms with van der Waals surface area (Å²) in [7, 11) is 0. The molecule has 1 aliphatic rings. The van der Waals surface area contributed by atoms with Crippen LogP contribution in [-0.2, 0) is 11.0 Å². The molecule has 1 N–H and O–H groups in total. The van der Waals surface area contributed by atoms with Crippen LogP contribution in [0, 0.1) is 0 Å². The predicted octanol–water partition coefficient (Wildman–Crippen LogP) is 3.51. The Bertz CT molecular complexity index is 790. The number of amides is 1. The molecule has 1 fully saturated rings. The second kappa shape index (κ2) is 8.04. The van der Waals surface area contributed by atoms with Crippen LogP contribution in [0.3, 0.4) is 0 Å². The molecule has 144 valence electrons. The highest BCUT2D eigenvalue weighted by Crippen LogP contribution is 2.29. The van der Waals surface area contributed by atoms with Gasteiger partial charge < -0.3 is 15.1 Å². The maximum absolute atomic E-state index is 12.6. The minimum absolute atomic E-state index is 0.0602. The van der Waals surface area contributed by atoms with Crippen LogP contribution in [0.5, 0.6) is 0 Å². The number of pyridine rings is 1. The molecule has 1 aromatic heterocycles. The van der Waals surface area contributed by atoms with Crippen molar-refractivity contribution in [3.05, 3.63) is 53.2 Å². The Morgan fingerprint density at radius 3 is 2.41 bits per heavy atom. The van der Waals surface area contributed by atoms with Crippen LogP contribution >= 0.6 is 11.6 Å². The number of carbonyl (C=O) groups excluding carboxylic acids is 1. The quantitative estimate of drug-likeness (QED) is 0.856. The van der Waals surface area contributed by atoms with Crippen LogP contribution in [0.1, 0.15) is 5.56 Å². The van der Waals surface area contributed by atoms with Gasteiger partial charge in [-0.1, -0.05) is 23.7 Å². The second-order valence-corrected chi connectivity index (χ2v) is 6.51. The lowest BCUT2D eigenvalue weighted by Gasteiger charge is -2.35. The van der Waals surface area contributed by atoms with E-state index in [9.17, 15) is 18.0 Å². The fourth-order valence-electron chi connectivity index (χ4n) is 2.81. The Labute approximate surface area is 159 Å². The van der Waals surface area contributed by atoms with Gasteiger partial charge in [-0.3, -0.25) is 4.79 Å². The first-order valence-electron chi connectivity index (χ1n) is 8.39. The number of nitrogens with one attached hydrogen (secondary N) is 1. The molecule has 0 atom stereocenters. The number of benzene rings is 1. The van der Waals surface area contributed by atoms with Crippen LogP contribution in [0.2, 0.25) is 5.02 Å². The van der Waals surface area contributed by atoms with Gasteiger partial charge in [-0.25, -0.2) is 4.98 Å². The number of carbonyl (C=O) groups is 1. The zero-order valence-corrected chi connectivity index (χ0v) is 15.1. The van der Waals surface area contributed by atoms with Gasteiger partial charge in [-0.15, -0.1) is 0 Å². The van der Waals surface area contributed by atoms with Gasteiger partial charge in [0.25, 0.3) is 0 Å². The molecule has 0 saturated carbocycles. The summed E-state index contributed by atoms with van der Waals surface area (Å²) in [6.07, 6.45) is -3.56. The Kier molecular flexibility index (Phi) is 5.74. The molecule has 1 saturated heterocycles. The highest BCUT2D eigenvalue weighted by molar-refractivity contribution is 6.33. The number of hydrogen-bond donors (Lipinski definition) is 1. The van der Waals surface area contributed by atoms with Gasteiger partial charge in [-0.05, 0) is 24.3 Å². The van der Waals surface area contributed by atoms with E-state index in [0.717, 1.165) is 12.3 Å². The number of para-hydroxylation sites is 1. The molecule has 3 rings (SSSR count). The monoisotopic (exact) mass is 398 g/mol. The van der Waals surface area contributed by atoms with E-state index in [4.69, 9.17) is 11.6 Å². The summed E-state index contributed by atoms with van der Waals surface area (Å²) in [5.41, 5.74) is -0.0779. The number of alkyl halides is 3. The normalized spacial score (nSPS) is 15.0. The van der Waals surface area contributed by atoms with Crippen molar-refractivity contribution in [2.75, 3.05) is 42.9 Å². The summed E-state index contributed by atoms with van der Waals surface area (Å²) in [5, 5.41) is 3.56. The lowest BCUT2D eigenvalue weighted by molar-refractivity contribution is -0.137. The first-order chi connectivity index (χ1) is 12.8. The average Bonchev–Trinajstić information content (AvgIpc) is 2.67. The zero-order valence-electron chi connectivity index (χ0n) is 14.3. The van der Waals surface area contributed by atoms with Gasteiger partial charge in [0.05, 0.1) is 22.8 Å². The summed E-state index contributed by atoms with van der Waals surface area (Å²) in [6.45, 7) is 2.10. The third kappa shape index (κ3) is 4.82.